The lowest BCUT2D eigenvalue weighted by Gasteiger charge is -2.23. The SMILES string of the molecule is Nc1c[nH]c(C(=O)N2CCC(N3CCCC3)C2)c1. The van der Waals surface area contributed by atoms with Gasteiger partial charge < -0.3 is 15.6 Å². The Morgan fingerprint density at radius 2 is 2.11 bits per heavy atom. The Labute approximate surface area is 107 Å². The molecule has 2 aliphatic rings. The highest BCUT2D eigenvalue weighted by Crippen LogP contribution is 2.21. The predicted octanol–water partition coefficient (Wildman–Crippen LogP) is 0.907. The van der Waals surface area contributed by atoms with Gasteiger partial charge in [0, 0.05) is 31.0 Å². The lowest BCUT2D eigenvalue weighted by Crippen LogP contribution is -2.37. The molecular weight excluding hydrogens is 228 g/mol. The zero-order chi connectivity index (χ0) is 12.5. The van der Waals surface area contributed by atoms with Gasteiger partial charge in [0.25, 0.3) is 5.91 Å². The Hall–Kier alpha value is -1.49. The maximum absolute atomic E-state index is 12.2. The zero-order valence-corrected chi connectivity index (χ0v) is 10.6. The fraction of sp³-hybridized carbons (Fsp3) is 0.615. The number of H-pyrrole nitrogens is 1. The number of hydrogen-bond donors (Lipinski definition) is 2. The van der Waals surface area contributed by atoms with E-state index in [1.54, 1.807) is 12.3 Å². The van der Waals surface area contributed by atoms with Crippen LogP contribution in [0.1, 0.15) is 29.8 Å². The molecule has 3 N–H and O–H groups in total. The fourth-order valence-electron chi connectivity index (χ4n) is 3.04. The number of nitrogens with one attached hydrogen (secondary N) is 1. The van der Waals surface area contributed by atoms with Crippen LogP contribution in [0.25, 0.3) is 0 Å². The quantitative estimate of drug-likeness (QED) is 0.817. The molecule has 1 amide bonds. The first-order valence-corrected chi connectivity index (χ1v) is 6.71. The van der Waals surface area contributed by atoms with Crippen molar-refractivity contribution in [1.29, 1.82) is 0 Å². The molecule has 5 nitrogen and oxygen atoms in total. The van der Waals surface area contributed by atoms with Crippen molar-refractivity contribution in [2.24, 2.45) is 0 Å². The van der Waals surface area contributed by atoms with Crippen LogP contribution in [-0.4, -0.2) is 52.9 Å². The molecule has 0 aromatic carbocycles. The summed E-state index contributed by atoms with van der Waals surface area (Å²) in [7, 11) is 0. The summed E-state index contributed by atoms with van der Waals surface area (Å²) in [6.07, 6.45) is 5.37. The Balaban J connectivity index is 1.63. The van der Waals surface area contributed by atoms with E-state index in [0.717, 1.165) is 19.5 Å². The van der Waals surface area contributed by atoms with Crippen LogP contribution in [-0.2, 0) is 0 Å². The van der Waals surface area contributed by atoms with Crippen molar-refractivity contribution in [2.45, 2.75) is 25.3 Å². The van der Waals surface area contributed by atoms with Crippen LogP contribution < -0.4 is 5.73 Å². The summed E-state index contributed by atoms with van der Waals surface area (Å²) in [6.45, 7) is 4.11. The van der Waals surface area contributed by atoms with Gasteiger partial charge in [-0.05, 0) is 38.4 Å². The van der Waals surface area contributed by atoms with Gasteiger partial charge in [-0.25, -0.2) is 0 Å². The smallest absolute Gasteiger partial charge is 0.270 e. The van der Waals surface area contributed by atoms with Gasteiger partial charge in [-0.1, -0.05) is 0 Å². The van der Waals surface area contributed by atoms with Gasteiger partial charge in [0.05, 0.1) is 0 Å². The molecule has 2 aliphatic heterocycles. The highest BCUT2D eigenvalue weighted by atomic mass is 16.2. The third-order valence-corrected chi connectivity index (χ3v) is 4.04. The maximum Gasteiger partial charge on any atom is 0.270 e. The van der Waals surface area contributed by atoms with E-state index in [4.69, 9.17) is 5.73 Å². The molecule has 1 aromatic heterocycles. The number of anilines is 1. The molecule has 0 radical (unpaired) electrons. The second-order valence-corrected chi connectivity index (χ2v) is 5.28. The summed E-state index contributed by atoms with van der Waals surface area (Å²) in [5, 5.41) is 0. The number of aromatic nitrogens is 1. The zero-order valence-electron chi connectivity index (χ0n) is 10.6. The second-order valence-electron chi connectivity index (χ2n) is 5.28. The van der Waals surface area contributed by atoms with Gasteiger partial charge in [0.2, 0.25) is 0 Å². The maximum atomic E-state index is 12.2. The number of nitrogens with two attached hydrogens (primary N) is 1. The molecule has 5 heteroatoms. The second kappa shape index (κ2) is 4.65. The van der Waals surface area contributed by atoms with E-state index < -0.39 is 0 Å². The molecule has 0 bridgehead atoms. The molecule has 1 atom stereocenters. The first-order valence-electron chi connectivity index (χ1n) is 6.71. The monoisotopic (exact) mass is 248 g/mol. The van der Waals surface area contributed by atoms with Crippen LogP contribution in [0.4, 0.5) is 5.69 Å². The van der Waals surface area contributed by atoms with Crippen LogP contribution in [0.15, 0.2) is 12.3 Å². The van der Waals surface area contributed by atoms with Crippen molar-refractivity contribution in [3.63, 3.8) is 0 Å². The Morgan fingerprint density at radius 3 is 2.78 bits per heavy atom. The van der Waals surface area contributed by atoms with Crippen LogP contribution in [0, 0.1) is 0 Å². The topological polar surface area (TPSA) is 65.4 Å². The molecule has 2 saturated heterocycles. The van der Waals surface area contributed by atoms with E-state index in [-0.39, 0.29) is 5.91 Å². The fourth-order valence-corrected chi connectivity index (χ4v) is 3.04. The molecule has 1 unspecified atom stereocenters. The van der Waals surface area contributed by atoms with Crippen molar-refractivity contribution in [1.82, 2.24) is 14.8 Å². The van der Waals surface area contributed by atoms with E-state index in [0.29, 0.717) is 17.4 Å². The van der Waals surface area contributed by atoms with Crippen molar-refractivity contribution in [3.8, 4) is 0 Å². The normalized spacial score (nSPS) is 24.9. The molecule has 98 valence electrons. The minimum Gasteiger partial charge on any atom is -0.397 e. The summed E-state index contributed by atoms with van der Waals surface area (Å²) in [4.78, 5) is 19.6. The lowest BCUT2D eigenvalue weighted by atomic mass is 10.2. The summed E-state index contributed by atoms with van der Waals surface area (Å²) in [5.74, 6) is 0.0772. The predicted molar refractivity (Wildman–Crippen MR) is 70.3 cm³/mol. The summed E-state index contributed by atoms with van der Waals surface area (Å²) in [6, 6.07) is 2.27. The third kappa shape index (κ3) is 2.10. The third-order valence-electron chi connectivity index (χ3n) is 4.04. The van der Waals surface area contributed by atoms with E-state index in [2.05, 4.69) is 9.88 Å². The highest BCUT2D eigenvalue weighted by molar-refractivity contribution is 5.93. The van der Waals surface area contributed by atoms with Crippen LogP contribution in [0.2, 0.25) is 0 Å². The molecule has 0 spiro atoms. The number of likely N-dealkylation sites (tertiary alicyclic amines) is 2. The van der Waals surface area contributed by atoms with Gasteiger partial charge in [0.15, 0.2) is 0 Å². The number of carbonyl (C=O) groups is 1. The first-order chi connectivity index (χ1) is 8.74. The van der Waals surface area contributed by atoms with Crippen LogP contribution >= 0.6 is 0 Å². The molecule has 3 heterocycles. The number of nitrogens with zero attached hydrogens (tertiary/aromatic N) is 2. The Kier molecular flexibility index (Phi) is 2.99. The molecular formula is C13H20N4O. The summed E-state index contributed by atoms with van der Waals surface area (Å²) >= 11 is 0. The molecule has 1 aromatic rings. The van der Waals surface area contributed by atoms with Gasteiger partial charge in [-0.15, -0.1) is 0 Å². The van der Waals surface area contributed by atoms with Gasteiger partial charge in [-0.2, -0.15) is 0 Å². The summed E-state index contributed by atoms with van der Waals surface area (Å²) in [5.41, 5.74) is 6.86. The first kappa shape index (κ1) is 11.6. The molecule has 18 heavy (non-hydrogen) atoms. The van der Waals surface area contributed by atoms with E-state index >= 15 is 0 Å². The van der Waals surface area contributed by atoms with Crippen LogP contribution in [0.5, 0.6) is 0 Å². The largest absolute Gasteiger partial charge is 0.397 e. The highest BCUT2D eigenvalue weighted by Gasteiger charge is 2.32. The molecule has 0 aliphatic carbocycles. The van der Waals surface area contributed by atoms with Crippen molar-refractivity contribution < 1.29 is 4.79 Å². The summed E-state index contributed by atoms with van der Waals surface area (Å²) < 4.78 is 0. The van der Waals surface area contributed by atoms with Crippen molar-refractivity contribution in [2.75, 3.05) is 31.9 Å². The number of carbonyl (C=O) groups excluding carboxylic acids is 1. The average Bonchev–Trinajstić information content (AvgIpc) is 3.09. The minimum absolute atomic E-state index is 0.0772. The number of nitrogen functional groups attached to an aromatic ring is 1. The Bertz CT molecular complexity index is 436. The number of amides is 1. The van der Waals surface area contributed by atoms with E-state index in [1.807, 2.05) is 4.90 Å². The lowest BCUT2D eigenvalue weighted by molar-refractivity contribution is 0.0775. The van der Waals surface area contributed by atoms with Gasteiger partial charge in [0.1, 0.15) is 5.69 Å². The van der Waals surface area contributed by atoms with Crippen LogP contribution in [0.3, 0.4) is 0 Å². The number of aromatic amines is 1. The molecule has 2 fully saturated rings. The number of hydrogen-bond acceptors (Lipinski definition) is 3. The molecule has 0 saturated carbocycles. The number of rotatable bonds is 2. The van der Waals surface area contributed by atoms with Gasteiger partial charge in [-0.3, -0.25) is 9.69 Å². The van der Waals surface area contributed by atoms with Crippen molar-refractivity contribution in [3.05, 3.63) is 18.0 Å². The minimum atomic E-state index is 0.0772. The van der Waals surface area contributed by atoms with Gasteiger partial charge >= 0.3 is 0 Å². The molecule has 3 rings (SSSR count). The van der Waals surface area contributed by atoms with E-state index in [1.165, 1.54) is 25.9 Å². The average molecular weight is 248 g/mol. The Morgan fingerprint density at radius 1 is 1.33 bits per heavy atom. The van der Waals surface area contributed by atoms with Crippen molar-refractivity contribution >= 4 is 11.6 Å². The standard InChI is InChI=1S/C13H20N4O/c14-10-7-12(15-8-10)13(18)17-6-3-11(9-17)16-4-1-2-5-16/h7-8,11,15H,1-6,9,14H2. The van der Waals surface area contributed by atoms with E-state index in [9.17, 15) is 4.79 Å².